The van der Waals surface area contributed by atoms with Gasteiger partial charge >= 0.3 is 0 Å². The number of para-hydroxylation sites is 1. The number of thioether (sulfide) groups is 1. The minimum Gasteiger partial charge on any atom is -0.497 e. The number of benzene rings is 3. The van der Waals surface area contributed by atoms with Crippen LogP contribution in [0.2, 0.25) is 0 Å². The SMILES string of the molecule is COc1ccc(CN2C(=O)C(=Cc3ccccc3OCc3cccc(F)c3)SC2=S)cc1. The minimum atomic E-state index is -0.306. The summed E-state index contributed by atoms with van der Waals surface area (Å²) in [6.45, 7) is 0.616. The monoisotopic (exact) mass is 465 g/mol. The van der Waals surface area contributed by atoms with Gasteiger partial charge in [0, 0.05) is 5.56 Å². The van der Waals surface area contributed by atoms with Gasteiger partial charge in [0.15, 0.2) is 0 Å². The van der Waals surface area contributed by atoms with E-state index in [9.17, 15) is 9.18 Å². The fourth-order valence-corrected chi connectivity index (χ4v) is 4.46. The molecule has 1 aliphatic heterocycles. The van der Waals surface area contributed by atoms with Gasteiger partial charge in [0.2, 0.25) is 0 Å². The Labute approximate surface area is 195 Å². The fraction of sp³-hybridized carbons (Fsp3) is 0.120. The van der Waals surface area contributed by atoms with E-state index < -0.39 is 0 Å². The number of nitrogens with zero attached hydrogens (tertiary/aromatic N) is 1. The average Bonchev–Trinajstić information content (AvgIpc) is 3.06. The van der Waals surface area contributed by atoms with Crippen LogP contribution in [0.4, 0.5) is 4.39 Å². The highest BCUT2D eigenvalue weighted by atomic mass is 32.2. The lowest BCUT2D eigenvalue weighted by atomic mass is 10.1. The van der Waals surface area contributed by atoms with Crippen LogP contribution in [0.5, 0.6) is 11.5 Å². The van der Waals surface area contributed by atoms with E-state index in [2.05, 4.69) is 0 Å². The van der Waals surface area contributed by atoms with E-state index in [0.717, 1.165) is 22.4 Å². The van der Waals surface area contributed by atoms with Crippen LogP contribution in [0, 0.1) is 5.82 Å². The number of ether oxygens (including phenoxy) is 2. The van der Waals surface area contributed by atoms with Gasteiger partial charge in [-0.3, -0.25) is 9.69 Å². The Bertz CT molecular complexity index is 1180. The Morgan fingerprint density at radius 3 is 2.56 bits per heavy atom. The lowest BCUT2D eigenvalue weighted by Crippen LogP contribution is -2.27. The number of rotatable bonds is 7. The van der Waals surface area contributed by atoms with E-state index in [1.54, 1.807) is 30.2 Å². The van der Waals surface area contributed by atoms with Gasteiger partial charge < -0.3 is 9.47 Å². The van der Waals surface area contributed by atoms with Crippen LogP contribution in [0.1, 0.15) is 16.7 Å². The Kier molecular flexibility index (Phi) is 6.87. The van der Waals surface area contributed by atoms with Gasteiger partial charge in [-0.15, -0.1) is 0 Å². The molecule has 0 radical (unpaired) electrons. The van der Waals surface area contributed by atoms with Crippen LogP contribution in [-0.2, 0) is 17.9 Å². The standard InChI is InChI=1S/C25H20FNO3S2/c1-29-21-11-9-17(10-12-21)15-27-24(28)23(32-25(27)31)14-19-6-2-3-8-22(19)30-16-18-5-4-7-20(26)13-18/h2-14H,15-16H2,1H3. The highest BCUT2D eigenvalue weighted by molar-refractivity contribution is 8.26. The van der Waals surface area contributed by atoms with Crippen molar-refractivity contribution >= 4 is 40.3 Å². The van der Waals surface area contributed by atoms with Crippen molar-refractivity contribution in [3.63, 3.8) is 0 Å². The van der Waals surface area contributed by atoms with E-state index >= 15 is 0 Å². The average molecular weight is 466 g/mol. The predicted molar refractivity (Wildman–Crippen MR) is 129 cm³/mol. The summed E-state index contributed by atoms with van der Waals surface area (Å²) in [5, 5.41) is 0. The third-order valence-electron chi connectivity index (χ3n) is 4.86. The zero-order valence-electron chi connectivity index (χ0n) is 17.3. The Hall–Kier alpha value is -3.16. The molecule has 1 fully saturated rings. The zero-order valence-corrected chi connectivity index (χ0v) is 18.9. The number of halogens is 1. The molecule has 0 aliphatic carbocycles. The van der Waals surface area contributed by atoms with Gasteiger partial charge in [-0.05, 0) is 47.5 Å². The number of hydrogen-bond donors (Lipinski definition) is 0. The van der Waals surface area contributed by atoms with Crippen molar-refractivity contribution in [2.75, 3.05) is 7.11 Å². The molecule has 32 heavy (non-hydrogen) atoms. The van der Waals surface area contributed by atoms with E-state index in [0.29, 0.717) is 21.5 Å². The Balaban J connectivity index is 1.50. The molecule has 1 aliphatic rings. The van der Waals surface area contributed by atoms with Crippen molar-refractivity contribution in [3.05, 3.63) is 100 Å². The van der Waals surface area contributed by atoms with Crippen molar-refractivity contribution in [1.29, 1.82) is 0 Å². The molecule has 162 valence electrons. The molecule has 0 aromatic heterocycles. The maximum atomic E-state index is 13.4. The number of carbonyl (C=O) groups excluding carboxylic acids is 1. The van der Waals surface area contributed by atoms with Gasteiger partial charge in [-0.1, -0.05) is 66.4 Å². The van der Waals surface area contributed by atoms with Crippen LogP contribution < -0.4 is 9.47 Å². The van der Waals surface area contributed by atoms with Gasteiger partial charge in [0.05, 0.1) is 18.6 Å². The highest BCUT2D eigenvalue weighted by Gasteiger charge is 2.32. The van der Waals surface area contributed by atoms with Gasteiger partial charge in [-0.25, -0.2) is 4.39 Å². The van der Waals surface area contributed by atoms with E-state index in [-0.39, 0.29) is 18.3 Å². The lowest BCUT2D eigenvalue weighted by molar-refractivity contribution is -0.122. The first kappa shape index (κ1) is 22.0. The third-order valence-corrected chi connectivity index (χ3v) is 6.24. The molecule has 3 aromatic rings. The summed E-state index contributed by atoms with van der Waals surface area (Å²) in [4.78, 5) is 15.1. The van der Waals surface area contributed by atoms with Crippen molar-refractivity contribution in [3.8, 4) is 11.5 Å². The number of thiocarbonyl (C=S) groups is 1. The molecule has 0 bridgehead atoms. The molecule has 1 heterocycles. The quantitative estimate of drug-likeness (QED) is 0.325. The topological polar surface area (TPSA) is 38.8 Å². The molecule has 0 N–H and O–H groups in total. The van der Waals surface area contributed by atoms with E-state index in [1.807, 2.05) is 48.5 Å². The molecule has 3 aromatic carbocycles. The molecule has 0 unspecified atom stereocenters. The summed E-state index contributed by atoms with van der Waals surface area (Å²) >= 11 is 6.72. The van der Waals surface area contributed by atoms with Crippen LogP contribution in [0.3, 0.4) is 0 Å². The molecule has 1 amide bonds. The van der Waals surface area contributed by atoms with Crippen molar-refractivity contribution in [2.24, 2.45) is 0 Å². The molecule has 4 rings (SSSR count). The lowest BCUT2D eigenvalue weighted by Gasteiger charge is -2.14. The highest BCUT2D eigenvalue weighted by Crippen LogP contribution is 2.35. The number of hydrogen-bond acceptors (Lipinski definition) is 5. The Morgan fingerprint density at radius 1 is 1.03 bits per heavy atom. The molecule has 0 saturated carbocycles. The van der Waals surface area contributed by atoms with Crippen molar-refractivity contribution in [2.45, 2.75) is 13.2 Å². The molecule has 0 atom stereocenters. The normalized spacial score (nSPS) is 14.8. The second-order valence-corrected chi connectivity index (χ2v) is 8.75. The maximum Gasteiger partial charge on any atom is 0.266 e. The first-order valence-electron chi connectivity index (χ1n) is 9.88. The number of carbonyl (C=O) groups is 1. The zero-order chi connectivity index (χ0) is 22.5. The summed E-state index contributed by atoms with van der Waals surface area (Å²) in [7, 11) is 1.61. The second-order valence-electron chi connectivity index (χ2n) is 7.07. The first-order chi connectivity index (χ1) is 15.5. The molecule has 0 spiro atoms. The summed E-state index contributed by atoms with van der Waals surface area (Å²) < 4.78 is 25.0. The van der Waals surface area contributed by atoms with E-state index in [4.69, 9.17) is 21.7 Å². The van der Waals surface area contributed by atoms with Crippen LogP contribution in [0.25, 0.3) is 6.08 Å². The first-order valence-corrected chi connectivity index (χ1v) is 11.1. The van der Waals surface area contributed by atoms with Crippen LogP contribution >= 0.6 is 24.0 Å². The summed E-state index contributed by atoms with van der Waals surface area (Å²) in [5.74, 6) is 0.918. The largest absolute Gasteiger partial charge is 0.497 e. The van der Waals surface area contributed by atoms with Crippen molar-refractivity contribution in [1.82, 2.24) is 4.90 Å². The summed E-state index contributed by atoms with van der Waals surface area (Å²) in [6, 6.07) is 21.2. The van der Waals surface area contributed by atoms with E-state index in [1.165, 1.54) is 23.9 Å². The smallest absolute Gasteiger partial charge is 0.266 e. The maximum absolute atomic E-state index is 13.4. The number of amides is 1. The molecular weight excluding hydrogens is 445 g/mol. The molecule has 7 heteroatoms. The predicted octanol–water partition coefficient (Wildman–Crippen LogP) is 5.81. The van der Waals surface area contributed by atoms with Crippen LogP contribution in [-0.4, -0.2) is 22.2 Å². The minimum absolute atomic E-state index is 0.143. The summed E-state index contributed by atoms with van der Waals surface area (Å²) in [5.41, 5.74) is 2.45. The Morgan fingerprint density at radius 2 is 1.81 bits per heavy atom. The number of methoxy groups -OCH3 is 1. The summed E-state index contributed by atoms with van der Waals surface area (Å²) in [6.07, 6.45) is 1.79. The third kappa shape index (κ3) is 5.18. The van der Waals surface area contributed by atoms with Gasteiger partial charge in [-0.2, -0.15) is 0 Å². The molecule has 1 saturated heterocycles. The van der Waals surface area contributed by atoms with Gasteiger partial charge in [0.25, 0.3) is 5.91 Å². The fourth-order valence-electron chi connectivity index (χ4n) is 3.21. The van der Waals surface area contributed by atoms with Gasteiger partial charge in [0.1, 0.15) is 28.2 Å². The molecule has 4 nitrogen and oxygen atoms in total. The molecular formula is C25H20FNO3S2. The van der Waals surface area contributed by atoms with Crippen LogP contribution in [0.15, 0.2) is 77.7 Å². The second kappa shape index (κ2) is 9.97. The van der Waals surface area contributed by atoms with Crippen molar-refractivity contribution < 1.29 is 18.7 Å².